The fourth-order valence-corrected chi connectivity index (χ4v) is 9.03. The van der Waals surface area contributed by atoms with Crippen LogP contribution < -0.4 is 5.32 Å². The van der Waals surface area contributed by atoms with Gasteiger partial charge < -0.3 is 14.7 Å². The summed E-state index contributed by atoms with van der Waals surface area (Å²) in [5, 5.41) is 13.6. The maximum Gasteiger partial charge on any atom is 0.414 e. The predicted octanol–water partition coefficient (Wildman–Crippen LogP) is 2.31. The van der Waals surface area contributed by atoms with Gasteiger partial charge in [0.2, 0.25) is 5.91 Å². The average molecular weight is 463 g/mol. The Morgan fingerprint density at radius 1 is 1.27 bits per heavy atom. The van der Waals surface area contributed by atoms with Gasteiger partial charge in [-0.1, -0.05) is 6.92 Å². The normalized spacial score (nSPS) is 51.8. The van der Waals surface area contributed by atoms with Gasteiger partial charge >= 0.3 is 6.09 Å². The monoisotopic (exact) mass is 462 g/mol. The highest BCUT2D eigenvalue weighted by Crippen LogP contribution is 2.76. The minimum Gasteiger partial charge on any atom is -0.445 e. The summed E-state index contributed by atoms with van der Waals surface area (Å²) >= 11 is 0. The standard InChI is InChI=1S/C25H35FN2O5/c1-13-20(30)15(10-26)8-19(25-9-16(25)2-5-24(13)6-3-18(29)21(24)25)33-23(32)27-22(31)17-12-28-7-4-14(17)11-28/h13-17,19-21,30H,2-12H2,1H3,(H,27,31,32)/t13-,14+,15?,16-,17-,19+,20-,21?,24?,25-/m0/s1. The molecular weight excluding hydrogens is 427 g/mol. The Kier molecular flexibility index (Phi) is 4.98. The van der Waals surface area contributed by atoms with E-state index in [1.54, 1.807) is 0 Å². The minimum atomic E-state index is -0.880. The smallest absolute Gasteiger partial charge is 0.414 e. The van der Waals surface area contributed by atoms with Crippen LogP contribution in [-0.2, 0) is 14.3 Å². The van der Waals surface area contributed by atoms with Gasteiger partial charge in [0.05, 0.1) is 18.7 Å². The van der Waals surface area contributed by atoms with Crippen molar-refractivity contribution in [1.29, 1.82) is 0 Å². The molecule has 2 amide bonds. The topological polar surface area (TPSA) is 95.9 Å². The van der Waals surface area contributed by atoms with Gasteiger partial charge in [0.25, 0.3) is 0 Å². The summed E-state index contributed by atoms with van der Waals surface area (Å²) in [5.74, 6) is -0.782. The van der Waals surface area contributed by atoms with E-state index < -0.39 is 36.3 Å². The molecule has 7 nitrogen and oxygen atoms in total. The molecule has 11 atom stereocenters. The van der Waals surface area contributed by atoms with Gasteiger partial charge in [-0.3, -0.25) is 19.3 Å². The number of aliphatic hydroxyl groups excluding tert-OH is 1. The Bertz CT molecular complexity index is 883. The molecule has 0 aromatic rings. The lowest BCUT2D eigenvalue weighted by atomic mass is 9.52. The van der Waals surface area contributed by atoms with Gasteiger partial charge in [-0.15, -0.1) is 0 Å². The molecule has 2 saturated heterocycles. The highest BCUT2D eigenvalue weighted by Gasteiger charge is 2.76. The number of rotatable bonds is 3. The molecule has 2 aliphatic heterocycles. The van der Waals surface area contributed by atoms with Gasteiger partial charge in [0, 0.05) is 36.8 Å². The SMILES string of the molecule is C[C@H]1[C@H](O)C(CF)C[C@@H](OC(=O)NC(=O)[C@H]2CN3CC[C@@H]2C3)[C@]23C[C@@H]2CCC12CCC(=O)C23. The number of piperidine rings is 1. The van der Waals surface area contributed by atoms with Crippen molar-refractivity contribution < 1.29 is 28.6 Å². The lowest BCUT2D eigenvalue weighted by Crippen LogP contribution is -2.56. The van der Waals surface area contributed by atoms with E-state index in [9.17, 15) is 23.9 Å². The number of alkyl carbamates (subject to hydrolysis) is 1. The summed E-state index contributed by atoms with van der Waals surface area (Å²) in [6.07, 6.45) is 2.66. The summed E-state index contributed by atoms with van der Waals surface area (Å²) in [7, 11) is 0. The molecule has 0 aromatic heterocycles. The molecule has 4 aliphatic carbocycles. The molecule has 4 bridgehead atoms. The first kappa shape index (κ1) is 22.0. The summed E-state index contributed by atoms with van der Waals surface area (Å²) in [5.41, 5.74) is -0.811. The van der Waals surface area contributed by atoms with Crippen molar-refractivity contribution in [1.82, 2.24) is 10.2 Å². The number of imide groups is 1. The molecule has 6 fully saturated rings. The van der Waals surface area contributed by atoms with Gasteiger partial charge in [-0.25, -0.2) is 4.79 Å². The number of ketones is 1. The number of carbonyl (C=O) groups is 3. The molecule has 0 aromatic carbocycles. The van der Waals surface area contributed by atoms with E-state index in [1.165, 1.54) is 0 Å². The number of nitrogens with zero attached hydrogens (tertiary/aromatic N) is 1. The molecule has 6 rings (SSSR count). The number of alkyl halides is 1. The lowest BCUT2D eigenvalue weighted by molar-refractivity contribution is -0.151. The van der Waals surface area contributed by atoms with Crippen LogP contribution in [0.4, 0.5) is 9.18 Å². The highest BCUT2D eigenvalue weighted by atomic mass is 19.1. The molecule has 4 saturated carbocycles. The van der Waals surface area contributed by atoms with Crippen LogP contribution in [0.15, 0.2) is 0 Å². The molecule has 6 aliphatic rings. The van der Waals surface area contributed by atoms with E-state index in [1.807, 2.05) is 6.92 Å². The van der Waals surface area contributed by atoms with E-state index >= 15 is 0 Å². The predicted molar refractivity (Wildman–Crippen MR) is 116 cm³/mol. The largest absolute Gasteiger partial charge is 0.445 e. The zero-order valence-corrected chi connectivity index (χ0v) is 19.3. The molecular formula is C25H35FN2O5. The van der Waals surface area contributed by atoms with Crippen molar-refractivity contribution in [2.45, 2.75) is 64.1 Å². The summed E-state index contributed by atoms with van der Waals surface area (Å²) in [4.78, 5) is 41.1. The molecule has 0 radical (unpaired) electrons. The zero-order valence-electron chi connectivity index (χ0n) is 19.3. The number of hydrogen-bond donors (Lipinski definition) is 2. The van der Waals surface area contributed by atoms with Crippen molar-refractivity contribution in [3.8, 4) is 0 Å². The van der Waals surface area contributed by atoms with E-state index in [0.717, 1.165) is 45.2 Å². The Labute approximate surface area is 193 Å². The zero-order chi connectivity index (χ0) is 23.1. The third kappa shape index (κ3) is 3.01. The second kappa shape index (κ2) is 7.48. The summed E-state index contributed by atoms with van der Waals surface area (Å²) in [6.45, 7) is 3.87. The second-order valence-corrected chi connectivity index (χ2v) is 11.9. The number of amides is 2. The summed E-state index contributed by atoms with van der Waals surface area (Å²) in [6, 6.07) is 0. The van der Waals surface area contributed by atoms with Crippen LogP contribution in [0.25, 0.3) is 0 Å². The summed E-state index contributed by atoms with van der Waals surface area (Å²) < 4.78 is 20.0. The number of halogens is 1. The molecule has 8 heteroatoms. The van der Waals surface area contributed by atoms with E-state index in [0.29, 0.717) is 13.0 Å². The third-order valence-electron chi connectivity index (χ3n) is 10.8. The van der Waals surface area contributed by atoms with Crippen LogP contribution in [0.2, 0.25) is 0 Å². The first-order valence-electron chi connectivity index (χ1n) is 12.8. The van der Waals surface area contributed by atoms with Crippen LogP contribution in [0, 0.1) is 46.3 Å². The first-order chi connectivity index (χ1) is 15.8. The highest BCUT2D eigenvalue weighted by molar-refractivity contribution is 5.93. The van der Waals surface area contributed by atoms with Crippen LogP contribution in [0.3, 0.4) is 0 Å². The Morgan fingerprint density at radius 3 is 2.79 bits per heavy atom. The van der Waals surface area contributed by atoms with E-state index in [-0.39, 0.29) is 53.1 Å². The third-order valence-corrected chi connectivity index (χ3v) is 10.8. The van der Waals surface area contributed by atoms with Gasteiger partial charge in [0.1, 0.15) is 11.9 Å². The number of carbonyl (C=O) groups excluding carboxylic acids is 3. The van der Waals surface area contributed by atoms with E-state index in [4.69, 9.17) is 4.74 Å². The molecule has 4 unspecified atom stereocenters. The number of hydrogen-bond acceptors (Lipinski definition) is 6. The Morgan fingerprint density at radius 2 is 2.09 bits per heavy atom. The maximum atomic E-state index is 14.1. The molecule has 2 heterocycles. The molecule has 2 N–H and O–H groups in total. The van der Waals surface area contributed by atoms with Crippen LogP contribution in [0.5, 0.6) is 0 Å². The number of aliphatic hydroxyl groups is 1. The Balaban J connectivity index is 1.26. The van der Waals surface area contributed by atoms with Crippen molar-refractivity contribution in [2.24, 2.45) is 46.3 Å². The fourth-order valence-electron chi connectivity index (χ4n) is 9.03. The van der Waals surface area contributed by atoms with Crippen LogP contribution in [-0.4, -0.2) is 66.3 Å². The van der Waals surface area contributed by atoms with Crippen LogP contribution in [0.1, 0.15) is 51.9 Å². The minimum absolute atomic E-state index is 0.169. The number of Topliss-reactive ketones (excluding diaryl/α,β-unsaturated/α-hetero) is 1. The van der Waals surface area contributed by atoms with Crippen molar-refractivity contribution in [3.05, 3.63) is 0 Å². The second-order valence-electron chi connectivity index (χ2n) is 11.9. The molecule has 33 heavy (non-hydrogen) atoms. The quantitative estimate of drug-likeness (QED) is 0.668. The van der Waals surface area contributed by atoms with Gasteiger partial charge in [-0.2, -0.15) is 0 Å². The first-order valence-corrected chi connectivity index (χ1v) is 12.8. The average Bonchev–Trinajstić information content (AvgIpc) is 3.08. The van der Waals surface area contributed by atoms with Gasteiger partial charge in [-0.05, 0) is 68.2 Å². The molecule has 1 spiro atoms. The Hall–Kier alpha value is -1.54. The fraction of sp³-hybridized carbons (Fsp3) is 0.880. The number of ether oxygens (including phenoxy) is 1. The van der Waals surface area contributed by atoms with Crippen LogP contribution >= 0.6 is 0 Å². The van der Waals surface area contributed by atoms with Crippen molar-refractivity contribution >= 4 is 17.8 Å². The number of fused-ring (bicyclic) bond motifs is 2. The van der Waals surface area contributed by atoms with Crippen molar-refractivity contribution in [2.75, 3.05) is 26.3 Å². The number of nitrogens with one attached hydrogen (secondary N) is 1. The van der Waals surface area contributed by atoms with Gasteiger partial charge in [0.15, 0.2) is 0 Å². The van der Waals surface area contributed by atoms with Crippen molar-refractivity contribution in [3.63, 3.8) is 0 Å². The maximum absolute atomic E-state index is 14.1. The lowest BCUT2D eigenvalue weighted by Gasteiger charge is -2.53. The van der Waals surface area contributed by atoms with E-state index in [2.05, 4.69) is 10.2 Å². The molecule has 182 valence electrons.